The van der Waals surface area contributed by atoms with E-state index in [1.54, 1.807) is 0 Å². The molecule has 0 unspecified atom stereocenters. The minimum Gasteiger partial charge on any atom is -0.469 e. The minimum atomic E-state index is -1.17. The van der Waals surface area contributed by atoms with E-state index in [4.69, 9.17) is 9.73 Å². The van der Waals surface area contributed by atoms with Crippen molar-refractivity contribution in [2.24, 2.45) is 10.9 Å². The highest BCUT2D eigenvalue weighted by atomic mass is 16.5. The lowest BCUT2D eigenvalue weighted by Gasteiger charge is -2.62. The number of fused-ring (bicyclic) bond motifs is 2. The minimum absolute atomic E-state index is 0.0933. The molecule has 3 aliphatic heterocycles. The zero-order valence-electron chi connectivity index (χ0n) is 14.5. The summed E-state index contributed by atoms with van der Waals surface area (Å²) in [5.41, 5.74) is 2.27. The van der Waals surface area contributed by atoms with Crippen LogP contribution in [0.5, 0.6) is 0 Å². The van der Waals surface area contributed by atoms with Gasteiger partial charge in [0.15, 0.2) is 0 Å². The number of rotatable bonds is 1. The summed E-state index contributed by atoms with van der Waals surface area (Å²) in [6.07, 6.45) is 3.28. The SMILES string of the molecule is CC=C1CN2CC[C@]34C(=Nc5ccccc53)[C@@H]2C[C@]1(O)[C@H]4C(=O)OC. The van der Waals surface area contributed by atoms with E-state index in [1.165, 1.54) is 7.11 Å². The van der Waals surface area contributed by atoms with Crippen molar-refractivity contribution in [3.8, 4) is 0 Å². The fourth-order valence-electron chi connectivity index (χ4n) is 5.81. The van der Waals surface area contributed by atoms with Crippen LogP contribution in [0.15, 0.2) is 40.9 Å². The Morgan fingerprint density at radius 2 is 2.24 bits per heavy atom. The lowest BCUT2D eigenvalue weighted by molar-refractivity contribution is -0.165. The van der Waals surface area contributed by atoms with Gasteiger partial charge in [0.1, 0.15) is 11.5 Å². The molecule has 130 valence electrons. The molecule has 1 aromatic rings. The normalized spacial score (nSPS) is 39.8. The van der Waals surface area contributed by atoms with Crippen molar-refractivity contribution in [2.75, 3.05) is 20.2 Å². The van der Waals surface area contributed by atoms with E-state index < -0.39 is 16.9 Å². The van der Waals surface area contributed by atoms with Crippen LogP contribution in [-0.4, -0.2) is 53.5 Å². The number of hydrogen-bond donors (Lipinski definition) is 1. The quantitative estimate of drug-likeness (QED) is 0.628. The van der Waals surface area contributed by atoms with Gasteiger partial charge in [-0.05, 0) is 30.5 Å². The molecule has 3 fully saturated rings. The van der Waals surface area contributed by atoms with E-state index in [-0.39, 0.29) is 12.0 Å². The van der Waals surface area contributed by atoms with Gasteiger partial charge in [0.25, 0.3) is 0 Å². The molecule has 5 rings (SSSR count). The maximum atomic E-state index is 13.0. The van der Waals surface area contributed by atoms with Gasteiger partial charge in [-0.2, -0.15) is 0 Å². The van der Waals surface area contributed by atoms with E-state index in [9.17, 15) is 9.90 Å². The number of carbonyl (C=O) groups is 1. The predicted octanol–water partition coefficient (Wildman–Crippen LogP) is 1.97. The molecule has 1 saturated carbocycles. The molecular formula is C20H22N2O3. The third kappa shape index (κ3) is 1.61. The number of esters is 1. The molecule has 0 aromatic heterocycles. The van der Waals surface area contributed by atoms with E-state index in [0.29, 0.717) is 13.0 Å². The van der Waals surface area contributed by atoms with Crippen molar-refractivity contribution in [3.05, 3.63) is 41.5 Å². The molecule has 0 spiro atoms. The van der Waals surface area contributed by atoms with Crippen LogP contribution in [0.1, 0.15) is 25.3 Å². The number of ether oxygens (including phenoxy) is 1. The highest BCUT2D eigenvalue weighted by Crippen LogP contribution is 2.61. The second kappa shape index (κ2) is 4.80. The van der Waals surface area contributed by atoms with E-state index in [0.717, 1.165) is 35.5 Å². The first-order valence-electron chi connectivity index (χ1n) is 8.94. The Bertz CT molecular complexity index is 845. The van der Waals surface area contributed by atoms with Crippen LogP contribution in [0, 0.1) is 5.92 Å². The summed E-state index contributed by atoms with van der Waals surface area (Å²) in [6.45, 7) is 3.54. The number of carbonyl (C=O) groups excluding carboxylic acids is 1. The van der Waals surface area contributed by atoms with Crippen LogP contribution in [0.2, 0.25) is 0 Å². The van der Waals surface area contributed by atoms with Gasteiger partial charge in [0.2, 0.25) is 0 Å². The number of para-hydroxylation sites is 1. The van der Waals surface area contributed by atoms with Crippen LogP contribution in [0.3, 0.4) is 0 Å². The Hall–Kier alpha value is -1.98. The average molecular weight is 338 g/mol. The predicted molar refractivity (Wildman–Crippen MR) is 94.0 cm³/mol. The van der Waals surface area contributed by atoms with Gasteiger partial charge in [-0.3, -0.25) is 14.7 Å². The summed E-state index contributed by atoms with van der Waals surface area (Å²) in [5, 5.41) is 11.8. The number of hydrogen-bond acceptors (Lipinski definition) is 5. The Balaban J connectivity index is 1.83. The topological polar surface area (TPSA) is 62.1 Å². The first-order valence-corrected chi connectivity index (χ1v) is 8.94. The van der Waals surface area contributed by atoms with Gasteiger partial charge in [-0.25, -0.2) is 0 Å². The summed E-state index contributed by atoms with van der Waals surface area (Å²) in [7, 11) is 1.42. The Labute approximate surface area is 147 Å². The number of aliphatic imine (C=N–C) groups is 1. The van der Waals surface area contributed by atoms with Crippen LogP contribution < -0.4 is 0 Å². The zero-order valence-corrected chi connectivity index (χ0v) is 14.5. The molecule has 3 bridgehead atoms. The van der Waals surface area contributed by atoms with Crippen LogP contribution in [0.25, 0.3) is 0 Å². The number of nitrogens with zero attached hydrogens (tertiary/aromatic N) is 2. The molecule has 4 atom stereocenters. The second-order valence-electron chi connectivity index (χ2n) is 7.62. The largest absolute Gasteiger partial charge is 0.469 e. The van der Waals surface area contributed by atoms with Crippen LogP contribution in [-0.2, 0) is 14.9 Å². The van der Waals surface area contributed by atoms with Crippen LogP contribution >= 0.6 is 0 Å². The zero-order chi connectivity index (χ0) is 17.4. The molecule has 0 radical (unpaired) electrons. The maximum Gasteiger partial charge on any atom is 0.313 e. The Morgan fingerprint density at radius 1 is 1.44 bits per heavy atom. The third-order valence-electron chi connectivity index (χ3n) is 6.82. The number of aliphatic hydroxyl groups is 1. The standard InChI is InChI=1S/C20H22N2O3/c1-3-12-11-22-9-8-19-13-6-4-5-7-14(13)21-17(19)15(22)10-20(12,24)16(19)18(23)25-2/h3-7,15-16,24H,8-11H2,1-2H3/t15-,16-,19-,20+/m0/s1. The molecule has 5 nitrogen and oxygen atoms in total. The lowest BCUT2D eigenvalue weighted by atomic mass is 9.49. The van der Waals surface area contributed by atoms with E-state index in [1.807, 2.05) is 31.2 Å². The average Bonchev–Trinajstić information content (AvgIpc) is 2.96. The third-order valence-corrected chi connectivity index (χ3v) is 6.82. The summed E-state index contributed by atoms with van der Waals surface area (Å²) in [4.78, 5) is 20.3. The summed E-state index contributed by atoms with van der Waals surface area (Å²) < 4.78 is 5.21. The number of benzene rings is 1. The maximum absolute atomic E-state index is 13.0. The molecule has 1 N–H and O–H groups in total. The lowest BCUT2D eigenvalue weighted by Crippen LogP contribution is -2.75. The fourth-order valence-corrected chi connectivity index (χ4v) is 5.81. The van der Waals surface area contributed by atoms with Crippen molar-refractivity contribution in [1.82, 2.24) is 4.90 Å². The Kier molecular flexibility index (Phi) is 2.94. The molecule has 2 saturated heterocycles. The summed E-state index contributed by atoms with van der Waals surface area (Å²) in [6, 6.07) is 8.15. The highest BCUT2D eigenvalue weighted by molar-refractivity contribution is 6.10. The van der Waals surface area contributed by atoms with Crippen molar-refractivity contribution in [3.63, 3.8) is 0 Å². The van der Waals surface area contributed by atoms with E-state index >= 15 is 0 Å². The van der Waals surface area contributed by atoms with Crippen molar-refractivity contribution in [1.29, 1.82) is 0 Å². The van der Waals surface area contributed by atoms with Crippen molar-refractivity contribution >= 4 is 17.4 Å². The second-order valence-corrected chi connectivity index (χ2v) is 7.62. The van der Waals surface area contributed by atoms with Gasteiger partial charge >= 0.3 is 5.97 Å². The van der Waals surface area contributed by atoms with Gasteiger partial charge in [0, 0.05) is 25.2 Å². The van der Waals surface area contributed by atoms with Crippen molar-refractivity contribution < 1.29 is 14.6 Å². The van der Waals surface area contributed by atoms with Gasteiger partial charge in [0.05, 0.1) is 24.3 Å². The Morgan fingerprint density at radius 3 is 3.00 bits per heavy atom. The monoisotopic (exact) mass is 338 g/mol. The number of methoxy groups -OCH3 is 1. The highest BCUT2D eigenvalue weighted by Gasteiger charge is 2.70. The molecule has 4 aliphatic rings. The first-order chi connectivity index (χ1) is 12.1. The molecular weight excluding hydrogens is 316 g/mol. The molecule has 25 heavy (non-hydrogen) atoms. The molecule has 1 aliphatic carbocycles. The molecule has 3 heterocycles. The number of allylic oxidation sites excluding steroid dienone is 1. The van der Waals surface area contributed by atoms with Crippen molar-refractivity contribution in [2.45, 2.75) is 36.8 Å². The molecule has 5 heteroatoms. The van der Waals surface area contributed by atoms with Gasteiger partial charge < -0.3 is 9.84 Å². The first kappa shape index (κ1) is 15.3. The van der Waals surface area contributed by atoms with E-state index in [2.05, 4.69) is 11.0 Å². The van der Waals surface area contributed by atoms with Gasteiger partial charge in [-0.15, -0.1) is 0 Å². The van der Waals surface area contributed by atoms with Crippen LogP contribution in [0.4, 0.5) is 5.69 Å². The number of piperidine rings is 2. The molecule has 1 aromatic carbocycles. The van der Waals surface area contributed by atoms with Gasteiger partial charge in [-0.1, -0.05) is 24.3 Å². The molecule has 0 amide bonds. The summed E-state index contributed by atoms with van der Waals surface area (Å²) >= 11 is 0. The smallest absolute Gasteiger partial charge is 0.313 e. The fraction of sp³-hybridized carbons (Fsp3) is 0.500. The summed E-state index contributed by atoms with van der Waals surface area (Å²) in [5.74, 6) is -0.975.